The maximum absolute atomic E-state index is 13.1. The molecule has 3 rings (SSSR count). The molecule has 0 bridgehead atoms. The molecule has 2 aromatic carbocycles. The van der Waals surface area contributed by atoms with Crippen LogP contribution in [0.3, 0.4) is 0 Å². The molecule has 0 aromatic heterocycles. The molecule has 2 aromatic rings. The smallest absolute Gasteiger partial charge is 0.343 e. The molecule has 168 valence electrons. The fraction of sp³-hybridized carbons (Fsp3) is 0.227. The molecular weight excluding hydrogens is 490 g/mol. The molecule has 0 aliphatic carbocycles. The Labute approximate surface area is 205 Å². The average molecular weight is 510 g/mol. The molecule has 1 aliphatic rings. The first kappa shape index (κ1) is 24.4. The van der Waals surface area contributed by atoms with Crippen LogP contribution in [-0.2, 0) is 14.3 Å². The minimum atomic E-state index is -0.540. The Hall–Kier alpha value is -2.20. The van der Waals surface area contributed by atoms with Crippen LogP contribution in [0.1, 0.15) is 12.5 Å². The van der Waals surface area contributed by atoms with E-state index in [1.807, 2.05) is 37.4 Å². The second-order valence-corrected chi connectivity index (χ2v) is 9.31. The first-order chi connectivity index (χ1) is 15.4. The molecule has 6 nitrogen and oxygen atoms in total. The third kappa shape index (κ3) is 5.58. The average Bonchev–Trinajstić information content (AvgIpc) is 3.05. The van der Waals surface area contributed by atoms with E-state index in [9.17, 15) is 9.59 Å². The van der Waals surface area contributed by atoms with E-state index >= 15 is 0 Å². The van der Waals surface area contributed by atoms with Crippen LogP contribution in [0.2, 0.25) is 5.02 Å². The van der Waals surface area contributed by atoms with Gasteiger partial charge in [-0.25, -0.2) is 4.79 Å². The monoisotopic (exact) mass is 509 g/mol. The van der Waals surface area contributed by atoms with Gasteiger partial charge in [-0.15, -0.1) is 11.8 Å². The molecule has 1 amide bonds. The van der Waals surface area contributed by atoms with E-state index in [0.29, 0.717) is 27.1 Å². The maximum Gasteiger partial charge on any atom is 0.343 e. The van der Waals surface area contributed by atoms with Crippen LogP contribution in [-0.4, -0.2) is 42.8 Å². The topological polar surface area (TPSA) is 65.1 Å². The standard InChI is InChI=1S/C22H20ClNO5S3/c1-4-28-17-9-13(8-16(23)20(17)29-12-19(25)27-2)10-18-21(26)24(22(30)32-18)14-6-5-7-15(11-14)31-3/h5-11H,4,12H2,1-3H3/b18-10-. The van der Waals surface area contributed by atoms with Crippen molar-refractivity contribution in [3.8, 4) is 11.5 Å². The summed E-state index contributed by atoms with van der Waals surface area (Å²) in [6.07, 6.45) is 3.68. The third-order valence-electron chi connectivity index (χ3n) is 4.30. The quantitative estimate of drug-likeness (QED) is 0.202. The Balaban J connectivity index is 1.91. The highest BCUT2D eigenvalue weighted by Gasteiger charge is 2.33. The summed E-state index contributed by atoms with van der Waals surface area (Å²) < 4.78 is 16.2. The number of nitrogens with zero attached hydrogens (tertiary/aromatic N) is 1. The largest absolute Gasteiger partial charge is 0.490 e. The van der Waals surface area contributed by atoms with Gasteiger partial charge in [-0.1, -0.05) is 41.6 Å². The van der Waals surface area contributed by atoms with Gasteiger partial charge in [-0.2, -0.15) is 0 Å². The number of amides is 1. The van der Waals surface area contributed by atoms with Crippen molar-refractivity contribution in [3.63, 3.8) is 0 Å². The lowest BCUT2D eigenvalue weighted by atomic mass is 10.1. The van der Waals surface area contributed by atoms with E-state index in [-0.39, 0.29) is 23.3 Å². The van der Waals surface area contributed by atoms with Crippen LogP contribution in [0.4, 0.5) is 5.69 Å². The van der Waals surface area contributed by atoms with Gasteiger partial charge >= 0.3 is 5.97 Å². The Bertz CT molecular complexity index is 1090. The van der Waals surface area contributed by atoms with E-state index in [2.05, 4.69) is 4.74 Å². The number of halogens is 1. The van der Waals surface area contributed by atoms with Crippen LogP contribution in [0, 0.1) is 0 Å². The molecule has 0 radical (unpaired) electrons. The van der Waals surface area contributed by atoms with Crippen LogP contribution in [0.25, 0.3) is 6.08 Å². The fourth-order valence-electron chi connectivity index (χ4n) is 2.86. The van der Waals surface area contributed by atoms with Crippen LogP contribution < -0.4 is 14.4 Å². The number of hydrogen-bond acceptors (Lipinski definition) is 8. The molecule has 0 saturated carbocycles. The van der Waals surface area contributed by atoms with E-state index in [4.69, 9.17) is 33.3 Å². The van der Waals surface area contributed by atoms with Crippen molar-refractivity contribution in [3.05, 3.63) is 51.9 Å². The fourth-order valence-corrected chi connectivity index (χ4v) is 4.88. The number of benzene rings is 2. The van der Waals surface area contributed by atoms with E-state index in [1.165, 1.54) is 23.8 Å². The molecule has 32 heavy (non-hydrogen) atoms. The molecule has 10 heteroatoms. The summed E-state index contributed by atoms with van der Waals surface area (Å²) in [5, 5.41) is 0.245. The normalized spacial score (nSPS) is 14.8. The summed E-state index contributed by atoms with van der Waals surface area (Å²) in [7, 11) is 1.27. The molecule has 0 atom stereocenters. The number of thiocarbonyl (C=S) groups is 1. The number of carbonyl (C=O) groups is 2. The Kier molecular flexibility index (Phi) is 8.47. The van der Waals surface area contributed by atoms with Crippen molar-refractivity contribution in [1.29, 1.82) is 0 Å². The van der Waals surface area contributed by atoms with E-state index < -0.39 is 5.97 Å². The number of carbonyl (C=O) groups excluding carboxylic acids is 2. The van der Waals surface area contributed by atoms with Crippen molar-refractivity contribution in [2.75, 3.05) is 31.5 Å². The molecule has 0 spiro atoms. The van der Waals surface area contributed by atoms with Gasteiger partial charge in [-0.3, -0.25) is 9.69 Å². The molecular formula is C22H20ClNO5S3. The number of thioether (sulfide) groups is 2. The summed E-state index contributed by atoms with van der Waals surface area (Å²) in [6, 6.07) is 11.0. The van der Waals surface area contributed by atoms with Crippen molar-refractivity contribution in [1.82, 2.24) is 0 Å². The van der Waals surface area contributed by atoms with Gasteiger partial charge in [-0.05, 0) is 55.2 Å². The SMILES string of the molecule is CCOc1cc(/C=C2\SC(=S)N(c3cccc(SC)c3)C2=O)cc(Cl)c1OCC(=O)OC. The Morgan fingerprint density at radius 1 is 1.28 bits per heavy atom. The molecule has 1 aliphatic heterocycles. The molecule has 0 unspecified atom stereocenters. The first-order valence-electron chi connectivity index (χ1n) is 9.45. The highest BCUT2D eigenvalue weighted by Crippen LogP contribution is 2.40. The van der Waals surface area contributed by atoms with Crippen LogP contribution in [0.15, 0.2) is 46.2 Å². The lowest BCUT2D eigenvalue weighted by Crippen LogP contribution is -2.27. The lowest BCUT2D eigenvalue weighted by molar-refractivity contribution is -0.142. The second-order valence-electron chi connectivity index (χ2n) is 6.35. The number of rotatable bonds is 8. The van der Waals surface area contributed by atoms with Gasteiger partial charge < -0.3 is 14.2 Å². The van der Waals surface area contributed by atoms with Crippen molar-refractivity contribution >= 4 is 75.3 Å². The highest BCUT2D eigenvalue weighted by molar-refractivity contribution is 8.27. The number of ether oxygens (including phenoxy) is 3. The van der Waals surface area contributed by atoms with Crippen molar-refractivity contribution < 1.29 is 23.8 Å². The van der Waals surface area contributed by atoms with Gasteiger partial charge in [0, 0.05) is 4.90 Å². The van der Waals surface area contributed by atoms with E-state index in [0.717, 1.165) is 10.6 Å². The summed E-state index contributed by atoms with van der Waals surface area (Å²) in [5.41, 5.74) is 1.37. The molecule has 0 N–H and O–H groups in total. The second kappa shape index (κ2) is 11.1. The van der Waals surface area contributed by atoms with Crippen LogP contribution in [0.5, 0.6) is 11.5 Å². The lowest BCUT2D eigenvalue weighted by Gasteiger charge is -2.15. The minimum absolute atomic E-state index is 0.210. The van der Waals surface area contributed by atoms with E-state index in [1.54, 1.807) is 30.0 Å². The Morgan fingerprint density at radius 2 is 2.06 bits per heavy atom. The zero-order valence-corrected chi connectivity index (χ0v) is 20.8. The predicted molar refractivity (Wildman–Crippen MR) is 134 cm³/mol. The summed E-state index contributed by atoms with van der Waals surface area (Å²) >= 11 is 14.7. The zero-order chi connectivity index (χ0) is 23.3. The zero-order valence-electron chi connectivity index (χ0n) is 17.5. The van der Waals surface area contributed by atoms with Crippen molar-refractivity contribution in [2.24, 2.45) is 0 Å². The Morgan fingerprint density at radius 3 is 2.75 bits per heavy atom. The summed E-state index contributed by atoms with van der Waals surface area (Å²) in [6.45, 7) is 1.88. The van der Waals surface area contributed by atoms with Crippen LogP contribution >= 0.6 is 47.3 Å². The van der Waals surface area contributed by atoms with Gasteiger partial charge in [0.25, 0.3) is 5.91 Å². The molecule has 1 heterocycles. The third-order valence-corrected chi connectivity index (χ3v) is 6.60. The maximum atomic E-state index is 13.1. The number of anilines is 1. The minimum Gasteiger partial charge on any atom is -0.490 e. The number of hydrogen-bond donors (Lipinski definition) is 0. The van der Waals surface area contributed by atoms with Crippen molar-refractivity contribution in [2.45, 2.75) is 11.8 Å². The highest BCUT2D eigenvalue weighted by atomic mass is 35.5. The summed E-state index contributed by atoms with van der Waals surface area (Å²) in [5.74, 6) is -0.157. The first-order valence-corrected chi connectivity index (χ1v) is 12.3. The molecule has 1 saturated heterocycles. The van der Waals surface area contributed by atoms with Gasteiger partial charge in [0.15, 0.2) is 22.4 Å². The molecule has 1 fully saturated rings. The summed E-state index contributed by atoms with van der Waals surface area (Å²) in [4.78, 5) is 27.5. The number of esters is 1. The predicted octanol–water partition coefficient (Wildman–Crippen LogP) is 5.42. The van der Waals surface area contributed by atoms with Gasteiger partial charge in [0.2, 0.25) is 0 Å². The number of methoxy groups -OCH3 is 1. The van der Waals surface area contributed by atoms with Gasteiger partial charge in [0.1, 0.15) is 0 Å². The van der Waals surface area contributed by atoms with Gasteiger partial charge in [0.05, 0.1) is 29.3 Å².